The van der Waals surface area contributed by atoms with Gasteiger partial charge in [-0.3, -0.25) is 9.97 Å². The average Bonchev–Trinajstić information content (AvgIpc) is 3.24. The van der Waals surface area contributed by atoms with Crippen molar-refractivity contribution in [2.45, 2.75) is 9.79 Å². The van der Waals surface area contributed by atoms with Crippen LogP contribution in [0.25, 0.3) is 22.5 Å². The van der Waals surface area contributed by atoms with Gasteiger partial charge >= 0.3 is 0 Å². The third-order valence-corrected chi connectivity index (χ3v) is 5.07. The van der Waals surface area contributed by atoms with Crippen molar-refractivity contribution in [1.29, 1.82) is 0 Å². The second-order valence-corrected chi connectivity index (χ2v) is 7.02. The minimum Gasteiger partial charge on any atom is -0.357 e. The zero-order valence-electron chi connectivity index (χ0n) is 14.1. The van der Waals surface area contributed by atoms with Gasteiger partial charge in [0.1, 0.15) is 0 Å². The quantitative estimate of drug-likeness (QED) is 0.540. The third-order valence-electron chi connectivity index (χ3n) is 3.97. The number of aromatic nitrogens is 4. The van der Waals surface area contributed by atoms with E-state index in [-0.39, 0.29) is 0 Å². The second-order valence-electron chi connectivity index (χ2n) is 5.93. The molecule has 0 amide bonds. The van der Waals surface area contributed by atoms with Crippen molar-refractivity contribution in [3.05, 3.63) is 73.6 Å². The summed E-state index contributed by atoms with van der Waals surface area (Å²) in [7, 11) is 4.04. The van der Waals surface area contributed by atoms with E-state index < -0.39 is 0 Å². The molecule has 4 nitrogen and oxygen atoms in total. The van der Waals surface area contributed by atoms with Crippen LogP contribution in [0.5, 0.6) is 0 Å². The van der Waals surface area contributed by atoms with Gasteiger partial charge in [-0.25, -0.2) is 0 Å². The maximum absolute atomic E-state index is 4.61. The van der Waals surface area contributed by atoms with Crippen molar-refractivity contribution in [2.24, 2.45) is 14.1 Å². The molecule has 0 N–H and O–H groups in total. The van der Waals surface area contributed by atoms with Gasteiger partial charge in [0.2, 0.25) is 0 Å². The highest BCUT2D eigenvalue weighted by atomic mass is 32.2. The second kappa shape index (κ2) is 6.61. The number of rotatable bonds is 4. The molecule has 0 aliphatic carbocycles. The molecule has 124 valence electrons. The van der Waals surface area contributed by atoms with Crippen LogP contribution in [0.15, 0.2) is 83.4 Å². The van der Waals surface area contributed by atoms with E-state index in [0.29, 0.717) is 0 Å². The minimum absolute atomic E-state index is 0.996. The normalized spacial score (nSPS) is 11.0. The van der Waals surface area contributed by atoms with E-state index in [1.54, 1.807) is 11.8 Å². The number of hydrogen-bond donors (Lipinski definition) is 0. The van der Waals surface area contributed by atoms with Gasteiger partial charge in [0, 0.05) is 72.2 Å². The fraction of sp³-hybridized carbons (Fsp3) is 0.100. The summed E-state index contributed by atoms with van der Waals surface area (Å²) in [5.41, 5.74) is 4.23. The Balaban J connectivity index is 1.75. The van der Waals surface area contributed by atoms with Crippen LogP contribution in [0.1, 0.15) is 0 Å². The van der Waals surface area contributed by atoms with Crippen LogP contribution in [0, 0.1) is 0 Å². The molecular formula is C20H18N4S. The first-order chi connectivity index (χ1) is 12.2. The number of aryl methyl sites for hydroxylation is 2. The fourth-order valence-electron chi connectivity index (χ4n) is 2.78. The van der Waals surface area contributed by atoms with Gasteiger partial charge in [0.05, 0.1) is 11.4 Å². The van der Waals surface area contributed by atoms with Gasteiger partial charge in [-0.05, 0) is 36.4 Å². The van der Waals surface area contributed by atoms with Gasteiger partial charge < -0.3 is 9.13 Å². The van der Waals surface area contributed by atoms with Crippen LogP contribution >= 0.6 is 11.8 Å². The lowest BCUT2D eigenvalue weighted by Gasteiger charge is -2.10. The first-order valence-electron chi connectivity index (χ1n) is 8.03. The molecule has 0 saturated carbocycles. The summed E-state index contributed by atoms with van der Waals surface area (Å²) in [6.45, 7) is 0. The van der Waals surface area contributed by atoms with E-state index >= 15 is 0 Å². The topological polar surface area (TPSA) is 35.6 Å². The summed E-state index contributed by atoms with van der Waals surface area (Å²) in [6, 6.07) is 12.4. The Hall–Kier alpha value is -2.79. The molecule has 0 radical (unpaired) electrons. The van der Waals surface area contributed by atoms with Crippen LogP contribution < -0.4 is 0 Å². The van der Waals surface area contributed by atoms with Gasteiger partial charge in [-0.15, -0.1) is 0 Å². The highest BCUT2D eigenvalue weighted by molar-refractivity contribution is 7.99. The molecule has 0 atom stereocenters. The minimum atomic E-state index is 0.996. The predicted octanol–water partition coefficient (Wildman–Crippen LogP) is 4.64. The smallest absolute Gasteiger partial charge is 0.0856 e. The number of pyridine rings is 2. The molecule has 4 aromatic rings. The summed E-state index contributed by atoms with van der Waals surface area (Å²) >= 11 is 1.71. The monoisotopic (exact) mass is 346 g/mol. The standard InChI is InChI=1S/C20H18N4S/c1-23-11-7-15(13-23)19-17(5-3-9-21-19)25-18-6-4-10-22-20(18)16-8-12-24(2)14-16/h3-14H,1-2H3. The Labute approximate surface area is 151 Å². The van der Waals surface area contributed by atoms with Crippen molar-refractivity contribution >= 4 is 11.8 Å². The summed E-state index contributed by atoms with van der Waals surface area (Å²) < 4.78 is 4.08. The number of hydrogen-bond acceptors (Lipinski definition) is 3. The SMILES string of the molecule is Cn1ccc(-c2ncccc2Sc2cccnc2-c2ccn(C)c2)c1. The lowest BCUT2D eigenvalue weighted by Crippen LogP contribution is -1.89. The van der Waals surface area contributed by atoms with E-state index in [2.05, 4.69) is 46.6 Å². The predicted molar refractivity (Wildman–Crippen MR) is 101 cm³/mol. The zero-order valence-corrected chi connectivity index (χ0v) is 14.9. The van der Waals surface area contributed by atoms with Crippen LogP contribution in [-0.2, 0) is 14.1 Å². The molecule has 0 aromatic carbocycles. The maximum atomic E-state index is 4.61. The summed E-state index contributed by atoms with van der Waals surface area (Å²) in [6.07, 6.45) is 11.9. The molecule has 0 aliphatic rings. The lowest BCUT2D eigenvalue weighted by molar-refractivity contribution is 0.928. The van der Waals surface area contributed by atoms with Crippen LogP contribution in [0.2, 0.25) is 0 Å². The molecule has 0 aliphatic heterocycles. The summed E-state index contributed by atoms with van der Waals surface area (Å²) in [4.78, 5) is 11.5. The van der Waals surface area contributed by atoms with Crippen molar-refractivity contribution in [3.63, 3.8) is 0 Å². The van der Waals surface area contributed by atoms with E-state index in [4.69, 9.17) is 0 Å². The molecule has 0 bridgehead atoms. The Morgan fingerprint density at radius 3 is 1.60 bits per heavy atom. The molecule has 25 heavy (non-hydrogen) atoms. The molecule has 0 spiro atoms. The highest BCUT2D eigenvalue weighted by Gasteiger charge is 2.13. The van der Waals surface area contributed by atoms with E-state index in [9.17, 15) is 0 Å². The van der Waals surface area contributed by atoms with Crippen LogP contribution in [0.3, 0.4) is 0 Å². The van der Waals surface area contributed by atoms with E-state index in [1.807, 2.05) is 60.1 Å². The first kappa shape index (κ1) is 15.7. The Morgan fingerprint density at radius 1 is 0.720 bits per heavy atom. The van der Waals surface area contributed by atoms with Crippen LogP contribution in [-0.4, -0.2) is 19.1 Å². The molecule has 0 saturated heterocycles. The molecule has 4 heterocycles. The molecular weight excluding hydrogens is 328 g/mol. The summed E-state index contributed by atoms with van der Waals surface area (Å²) in [5.74, 6) is 0. The average molecular weight is 346 g/mol. The maximum Gasteiger partial charge on any atom is 0.0856 e. The van der Waals surface area contributed by atoms with Gasteiger partial charge in [0.25, 0.3) is 0 Å². The zero-order chi connectivity index (χ0) is 17.2. The molecule has 4 rings (SSSR count). The van der Waals surface area contributed by atoms with Crippen molar-refractivity contribution < 1.29 is 0 Å². The number of nitrogens with zero attached hydrogens (tertiary/aromatic N) is 4. The fourth-order valence-corrected chi connectivity index (χ4v) is 3.85. The Morgan fingerprint density at radius 2 is 1.20 bits per heavy atom. The Kier molecular flexibility index (Phi) is 4.15. The van der Waals surface area contributed by atoms with Gasteiger partial charge in [-0.2, -0.15) is 0 Å². The van der Waals surface area contributed by atoms with Crippen molar-refractivity contribution in [3.8, 4) is 22.5 Å². The van der Waals surface area contributed by atoms with Crippen molar-refractivity contribution in [2.75, 3.05) is 0 Å². The largest absolute Gasteiger partial charge is 0.357 e. The first-order valence-corrected chi connectivity index (χ1v) is 8.85. The van der Waals surface area contributed by atoms with Gasteiger partial charge in [-0.1, -0.05) is 11.8 Å². The van der Waals surface area contributed by atoms with E-state index in [1.165, 1.54) is 0 Å². The summed E-state index contributed by atoms with van der Waals surface area (Å²) in [5, 5.41) is 0. The van der Waals surface area contributed by atoms with Gasteiger partial charge in [0.15, 0.2) is 0 Å². The lowest BCUT2D eigenvalue weighted by atomic mass is 10.2. The molecule has 0 unspecified atom stereocenters. The van der Waals surface area contributed by atoms with E-state index in [0.717, 1.165) is 32.3 Å². The van der Waals surface area contributed by atoms with Crippen molar-refractivity contribution in [1.82, 2.24) is 19.1 Å². The molecule has 4 aromatic heterocycles. The Bertz CT molecular complexity index is 934. The highest BCUT2D eigenvalue weighted by Crippen LogP contribution is 2.38. The third kappa shape index (κ3) is 3.23. The molecule has 5 heteroatoms. The molecule has 0 fully saturated rings. The van der Waals surface area contributed by atoms with Crippen LogP contribution in [0.4, 0.5) is 0 Å².